The second-order valence-corrected chi connectivity index (χ2v) is 8.30. The number of aromatic nitrogens is 2. The molecule has 1 N–H and O–H groups in total. The van der Waals surface area contributed by atoms with E-state index in [4.69, 9.17) is 14.5 Å². The lowest BCUT2D eigenvalue weighted by atomic mass is 10.1. The number of nitrogens with zero attached hydrogens (tertiary/aromatic N) is 2. The standard InChI is InChI=1S/C20H25N3O2S/c1-12(2)21-19-23-17(11-26-19)16-10-18(25-20(3,4)5)14-8-7-13(24-6)9-15(14)22-16/h7-12H,1-6H3,(H,21,23). The first kappa shape index (κ1) is 18.5. The molecular weight excluding hydrogens is 346 g/mol. The maximum absolute atomic E-state index is 6.20. The molecular formula is C20H25N3O2S. The van der Waals surface area contributed by atoms with Crippen molar-refractivity contribution in [2.45, 2.75) is 46.3 Å². The number of rotatable bonds is 5. The topological polar surface area (TPSA) is 56.3 Å². The molecule has 0 bridgehead atoms. The van der Waals surface area contributed by atoms with Crippen LogP contribution in [0.2, 0.25) is 0 Å². The van der Waals surface area contributed by atoms with Gasteiger partial charge in [-0.2, -0.15) is 0 Å². The molecule has 0 saturated carbocycles. The predicted molar refractivity (Wildman–Crippen MR) is 109 cm³/mol. The predicted octanol–water partition coefficient (Wildman–Crippen LogP) is 5.36. The van der Waals surface area contributed by atoms with Crippen molar-refractivity contribution in [2.24, 2.45) is 0 Å². The fourth-order valence-electron chi connectivity index (χ4n) is 2.55. The molecule has 0 amide bonds. The summed E-state index contributed by atoms with van der Waals surface area (Å²) in [7, 11) is 1.65. The van der Waals surface area contributed by atoms with E-state index in [-0.39, 0.29) is 5.60 Å². The van der Waals surface area contributed by atoms with Crippen molar-refractivity contribution < 1.29 is 9.47 Å². The molecule has 3 rings (SSSR count). The van der Waals surface area contributed by atoms with Gasteiger partial charge in [-0.3, -0.25) is 0 Å². The third-order valence-corrected chi connectivity index (χ3v) is 4.35. The number of ether oxygens (including phenoxy) is 2. The average Bonchev–Trinajstić information content (AvgIpc) is 3.00. The van der Waals surface area contributed by atoms with Crippen molar-refractivity contribution in [1.82, 2.24) is 9.97 Å². The van der Waals surface area contributed by atoms with Gasteiger partial charge in [0.15, 0.2) is 5.13 Å². The van der Waals surface area contributed by atoms with Crippen LogP contribution in [0.5, 0.6) is 11.5 Å². The summed E-state index contributed by atoms with van der Waals surface area (Å²) < 4.78 is 11.6. The summed E-state index contributed by atoms with van der Waals surface area (Å²) in [6.45, 7) is 10.3. The summed E-state index contributed by atoms with van der Waals surface area (Å²) >= 11 is 1.58. The highest BCUT2D eigenvalue weighted by molar-refractivity contribution is 7.14. The highest BCUT2D eigenvalue weighted by Crippen LogP contribution is 2.34. The molecule has 26 heavy (non-hydrogen) atoms. The van der Waals surface area contributed by atoms with Crippen molar-refractivity contribution in [3.05, 3.63) is 29.6 Å². The van der Waals surface area contributed by atoms with Crippen LogP contribution < -0.4 is 14.8 Å². The molecule has 0 radical (unpaired) electrons. The molecule has 1 aromatic carbocycles. The Morgan fingerprint density at radius 3 is 2.50 bits per heavy atom. The number of pyridine rings is 1. The van der Waals surface area contributed by atoms with Crippen LogP contribution in [0.3, 0.4) is 0 Å². The van der Waals surface area contributed by atoms with Crippen molar-refractivity contribution in [3.63, 3.8) is 0 Å². The second-order valence-electron chi connectivity index (χ2n) is 7.44. The molecule has 0 unspecified atom stereocenters. The van der Waals surface area contributed by atoms with E-state index in [0.717, 1.165) is 38.9 Å². The van der Waals surface area contributed by atoms with Gasteiger partial charge in [-0.1, -0.05) is 0 Å². The first-order valence-electron chi connectivity index (χ1n) is 8.65. The number of nitrogens with one attached hydrogen (secondary N) is 1. The van der Waals surface area contributed by atoms with E-state index in [2.05, 4.69) is 24.1 Å². The molecule has 0 saturated heterocycles. The van der Waals surface area contributed by atoms with Crippen molar-refractivity contribution in [1.29, 1.82) is 0 Å². The van der Waals surface area contributed by atoms with Crippen LogP contribution in [0, 0.1) is 0 Å². The van der Waals surface area contributed by atoms with Crippen LogP contribution in [-0.4, -0.2) is 28.7 Å². The Morgan fingerprint density at radius 1 is 1.08 bits per heavy atom. The van der Waals surface area contributed by atoms with E-state index < -0.39 is 0 Å². The molecule has 2 aromatic heterocycles. The van der Waals surface area contributed by atoms with Gasteiger partial charge in [0.2, 0.25) is 0 Å². The monoisotopic (exact) mass is 371 g/mol. The molecule has 0 atom stereocenters. The Hall–Kier alpha value is -2.34. The van der Waals surface area contributed by atoms with E-state index >= 15 is 0 Å². The smallest absolute Gasteiger partial charge is 0.183 e. The first-order chi connectivity index (χ1) is 12.2. The number of hydrogen-bond donors (Lipinski definition) is 1. The summed E-state index contributed by atoms with van der Waals surface area (Å²) in [5, 5.41) is 7.19. The Morgan fingerprint density at radius 2 is 1.85 bits per heavy atom. The average molecular weight is 372 g/mol. The quantitative estimate of drug-likeness (QED) is 0.654. The zero-order valence-electron chi connectivity index (χ0n) is 16.1. The van der Waals surface area contributed by atoms with Crippen molar-refractivity contribution in [3.8, 4) is 22.9 Å². The van der Waals surface area contributed by atoms with Gasteiger partial charge >= 0.3 is 0 Å². The fourth-order valence-corrected chi connectivity index (χ4v) is 3.40. The summed E-state index contributed by atoms with van der Waals surface area (Å²) in [5.74, 6) is 1.57. The van der Waals surface area contributed by atoms with Crippen LogP contribution in [-0.2, 0) is 0 Å². The van der Waals surface area contributed by atoms with Gasteiger partial charge in [0, 0.05) is 28.9 Å². The lowest BCUT2D eigenvalue weighted by Gasteiger charge is -2.22. The maximum atomic E-state index is 6.20. The van der Waals surface area contributed by atoms with Crippen LogP contribution in [0.15, 0.2) is 29.6 Å². The lowest BCUT2D eigenvalue weighted by molar-refractivity contribution is 0.133. The summed E-state index contributed by atoms with van der Waals surface area (Å²) in [5.41, 5.74) is 2.14. The van der Waals surface area contributed by atoms with E-state index in [1.54, 1.807) is 18.4 Å². The SMILES string of the molecule is COc1ccc2c(OC(C)(C)C)cc(-c3csc(NC(C)C)n3)nc2c1. The molecule has 0 aliphatic rings. The summed E-state index contributed by atoms with van der Waals surface area (Å²) in [6.07, 6.45) is 0. The fraction of sp³-hybridized carbons (Fsp3) is 0.400. The number of thiazole rings is 1. The highest BCUT2D eigenvalue weighted by atomic mass is 32.1. The zero-order chi connectivity index (χ0) is 18.9. The van der Waals surface area contributed by atoms with E-state index in [9.17, 15) is 0 Å². The van der Waals surface area contributed by atoms with Gasteiger partial charge in [-0.05, 0) is 46.8 Å². The van der Waals surface area contributed by atoms with Crippen LogP contribution in [0.4, 0.5) is 5.13 Å². The molecule has 0 aliphatic heterocycles. The summed E-state index contributed by atoms with van der Waals surface area (Å²) in [4.78, 5) is 9.46. The molecule has 0 fully saturated rings. The van der Waals surface area contributed by atoms with Crippen molar-refractivity contribution >= 4 is 27.4 Å². The van der Waals surface area contributed by atoms with Gasteiger partial charge in [-0.25, -0.2) is 9.97 Å². The minimum Gasteiger partial charge on any atom is -0.497 e. The number of methoxy groups -OCH3 is 1. The van der Waals surface area contributed by atoms with E-state index in [1.165, 1.54) is 0 Å². The van der Waals surface area contributed by atoms with Gasteiger partial charge < -0.3 is 14.8 Å². The van der Waals surface area contributed by atoms with Gasteiger partial charge in [-0.15, -0.1) is 11.3 Å². The molecule has 3 aromatic rings. The molecule has 5 nitrogen and oxygen atoms in total. The van der Waals surface area contributed by atoms with Gasteiger partial charge in [0.25, 0.3) is 0 Å². The maximum Gasteiger partial charge on any atom is 0.183 e. The van der Waals surface area contributed by atoms with Crippen molar-refractivity contribution in [2.75, 3.05) is 12.4 Å². The molecule has 2 heterocycles. The minimum absolute atomic E-state index is 0.308. The van der Waals surface area contributed by atoms with Crippen LogP contribution >= 0.6 is 11.3 Å². The second kappa shape index (κ2) is 7.11. The zero-order valence-corrected chi connectivity index (χ0v) is 16.9. The first-order valence-corrected chi connectivity index (χ1v) is 9.53. The molecule has 6 heteroatoms. The number of benzene rings is 1. The number of hydrogen-bond acceptors (Lipinski definition) is 6. The Bertz CT molecular complexity index is 913. The van der Waals surface area contributed by atoms with Crippen LogP contribution in [0.25, 0.3) is 22.3 Å². The Kier molecular flexibility index (Phi) is 5.05. The minimum atomic E-state index is -0.308. The molecule has 138 valence electrons. The largest absolute Gasteiger partial charge is 0.497 e. The van der Waals surface area contributed by atoms with E-state index in [0.29, 0.717) is 6.04 Å². The molecule has 0 aliphatic carbocycles. The third-order valence-electron chi connectivity index (χ3n) is 3.57. The molecule has 0 spiro atoms. The Balaban J connectivity index is 2.11. The van der Waals surface area contributed by atoms with Gasteiger partial charge in [0.1, 0.15) is 22.8 Å². The normalized spacial score (nSPS) is 11.8. The Labute approximate surface area is 158 Å². The van der Waals surface area contributed by atoms with Gasteiger partial charge in [0.05, 0.1) is 18.3 Å². The number of anilines is 1. The number of fused-ring (bicyclic) bond motifs is 1. The third kappa shape index (κ3) is 4.25. The summed E-state index contributed by atoms with van der Waals surface area (Å²) in [6, 6.07) is 8.14. The highest BCUT2D eigenvalue weighted by Gasteiger charge is 2.17. The lowest BCUT2D eigenvalue weighted by Crippen LogP contribution is -2.23. The van der Waals surface area contributed by atoms with E-state index in [1.807, 2.05) is 50.4 Å². The van der Waals surface area contributed by atoms with Crippen LogP contribution in [0.1, 0.15) is 34.6 Å².